The quantitative estimate of drug-likeness (QED) is 0.838. The molecule has 0 radical (unpaired) electrons. The van der Waals surface area contributed by atoms with Gasteiger partial charge in [-0.25, -0.2) is 0 Å². The summed E-state index contributed by atoms with van der Waals surface area (Å²) in [5.74, 6) is 1.88. The van der Waals surface area contributed by atoms with Crippen LogP contribution in [0.25, 0.3) is 0 Å². The average molecular weight is 296 g/mol. The van der Waals surface area contributed by atoms with Gasteiger partial charge in [-0.05, 0) is 62.8 Å². The van der Waals surface area contributed by atoms with Crippen molar-refractivity contribution in [1.82, 2.24) is 10.6 Å². The molecule has 3 nitrogen and oxygen atoms in total. The van der Waals surface area contributed by atoms with Gasteiger partial charge in [0, 0.05) is 17.2 Å². The molecule has 2 N–H and O–H groups in total. The second-order valence-corrected chi connectivity index (χ2v) is 8.40. The summed E-state index contributed by atoms with van der Waals surface area (Å²) in [4.78, 5) is 12.5. The lowest BCUT2D eigenvalue weighted by Crippen LogP contribution is -2.41. The third-order valence-electron chi connectivity index (χ3n) is 5.48. The Kier molecular flexibility index (Phi) is 4.61. The third-order valence-corrected chi connectivity index (χ3v) is 6.71. The Hall–Kier alpha value is -0.220. The van der Waals surface area contributed by atoms with E-state index in [-0.39, 0.29) is 0 Å². The molecule has 2 saturated carbocycles. The van der Waals surface area contributed by atoms with Crippen molar-refractivity contribution < 1.29 is 4.79 Å². The van der Waals surface area contributed by atoms with Crippen LogP contribution in [0, 0.1) is 11.3 Å². The van der Waals surface area contributed by atoms with Gasteiger partial charge in [0.2, 0.25) is 5.91 Å². The van der Waals surface area contributed by atoms with Gasteiger partial charge in [-0.2, -0.15) is 11.8 Å². The minimum absolute atomic E-state index is 0.323. The zero-order valence-electron chi connectivity index (χ0n) is 12.6. The van der Waals surface area contributed by atoms with E-state index in [4.69, 9.17) is 0 Å². The molecule has 3 aliphatic rings. The minimum Gasteiger partial charge on any atom is -0.353 e. The standard InChI is InChI=1S/C16H28N2OS/c1-2-20-13-5-3-4-12(10-13)18-15(19)14-11-16(14)6-8-17-9-7-16/h12-14,17H,2-11H2,1H3,(H,18,19). The van der Waals surface area contributed by atoms with Crippen molar-refractivity contribution >= 4 is 17.7 Å². The second-order valence-electron chi connectivity index (χ2n) is 6.82. The van der Waals surface area contributed by atoms with Crippen LogP contribution < -0.4 is 10.6 Å². The van der Waals surface area contributed by atoms with Crippen LogP contribution in [0.1, 0.15) is 51.9 Å². The lowest BCUT2D eigenvalue weighted by Gasteiger charge is -2.30. The summed E-state index contributed by atoms with van der Waals surface area (Å²) in [6, 6.07) is 0.444. The van der Waals surface area contributed by atoms with Gasteiger partial charge in [0.25, 0.3) is 0 Å². The van der Waals surface area contributed by atoms with Crippen LogP contribution in [0.2, 0.25) is 0 Å². The van der Waals surface area contributed by atoms with Gasteiger partial charge >= 0.3 is 0 Å². The Bertz CT molecular complexity index is 352. The second kappa shape index (κ2) is 6.27. The monoisotopic (exact) mass is 296 g/mol. The molecule has 2 aliphatic carbocycles. The molecule has 3 atom stereocenters. The number of carbonyl (C=O) groups excluding carboxylic acids is 1. The first-order chi connectivity index (χ1) is 9.73. The highest BCUT2D eigenvalue weighted by Crippen LogP contribution is 2.58. The maximum atomic E-state index is 12.5. The molecule has 0 aromatic rings. The molecule has 0 aromatic carbocycles. The van der Waals surface area contributed by atoms with Crippen molar-refractivity contribution in [3.8, 4) is 0 Å². The average Bonchev–Trinajstić information content (AvgIpc) is 3.14. The molecule has 114 valence electrons. The fraction of sp³-hybridized carbons (Fsp3) is 0.938. The van der Waals surface area contributed by atoms with E-state index >= 15 is 0 Å². The molecule has 1 aliphatic heterocycles. The normalized spacial score (nSPS) is 35.8. The molecule has 0 bridgehead atoms. The number of amides is 1. The number of nitrogens with one attached hydrogen (secondary N) is 2. The number of carbonyl (C=O) groups is 1. The van der Waals surface area contributed by atoms with Gasteiger partial charge in [0.1, 0.15) is 0 Å². The third kappa shape index (κ3) is 3.16. The first-order valence-corrected chi connectivity index (χ1v) is 9.41. The fourth-order valence-electron chi connectivity index (χ4n) is 4.16. The minimum atomic E-state index is 0.323. The highest BCUT2D eigenvalue weighted by atomic mass is 32.2. The summed E-state index contributed by atoms with van der Waals surface area (Å²) in [6.45, 7) is 4.43. The van der Waals surface area contributed by atoms with Crippen molar-refractivity contribution in [2.24, 2.45) is 11.3 Å². The van der Waals surface area contributed by atoms with Crippen LogP contribution >= 0.6 is 11.8 Å². The van der Waals surface area contributed by atoms with E-state index < -0.39 is 0 Å². The smallest absolute Gasteiger partial charge is 0.223 e. The maximum absolute atomic E-state index is 12.5. The van der Waals surface area contributed by atoms with Gasteiger partial charge < -0.3 is 10.6 Å². The molecular formula is C16H28N2OS. The van der Waals surface area contributed by atoms with Crippen molar-refractivity contribution in [3.05, 3.63) is 0 Å². The van der Waals surface area contributed by atoms with E-state index in [0.717, 1.165) is 24.8 Å². The van der Waals surface area contributed by atoms with Gasteiger partial charge in [-0.15, -0.1) is 0 Å². The molecule has 20 heavy (non-hydrogen) atoms. The predicted octanol–water partition coefficient (Wildman–Crippen LogP) is 2.56. The van der Waals surface area contributed by atoms with E-state index in [1.54, 1.807) is 0 Å². The molecule has 3 unspecified atom stereocenters. The Balaban J connectivity index is 1.47. The first kappa shape index (κ1) is 14.7. The van der Waals surface area contributed by atoms with E-state index in [9.17, 15) is 4.79 Å². The summed E-state index contributed by atoms with van der Waals surface area (Å²) in [5.41, 5.74) is 0.377. The van der Waals surface area contributed by atoms with Crippen molar-refractivity contribution in [1.29, 1.82) is 0 Å². The number of thioether (sulfide) groups is 1. The van der Waals surface area contributed by atoms with Gasteiger partial charge in [-0.1, -0.05) is 13.3 Å². The molecule has 0 aromatic heterocycles. The van der Waals surface area contributed by atoms with E-state index in [2.05, 4.69) is 29.3 Å². The molecule has 1 saturated heterocycles. The summed E-state index contributed by atoms with van der Waals surface area (Å²) in [7, 11) is 0. The zero-order valence-corrected chi connectivity index (χ0v) is 13.4. The number of hydrogen-bond acceptors (Lipinski definition) is 3. The Morgan fingerprint density at radius 1 is 1.35 bits per heavy atom. The van der Waals surface area contributed by atoms with Crippen LogP contribution in [-0.2, 0) is 4.79 Å². The Labute approximate surface area is 127 Å². The molecular weight excluding hydrogens is 268 g/mol. The SMILES string of the molecule is CCSC1CCCC(NC(=O)C2CC23CCNCC3)C1. The van der Waals surface area contributed by atoms with Crippen LogP contribution in [0.5, 0.6) is 0 Å². The number of hydrogen-bond donors (Lipinski definition) is 2. The summed E-state index contributed by atoms with van der Waals surface area (Å²) < 4.78 is 0. The van der Waals surface area contributed by atoms with Gasteiger partial charge in [0.05, 0.1) is 0 Å². The largest absolute Gasteiger partial charge is 0.353 e. The predicted molar refractivity (Wildman–Crippen MR) is 85.0 cm³/mol. The van der Waals surface area contributed by atoms with Gasteiger partial charge in [-0.3, -0.25) is 4.79 Å². The van der Waals surface area contributed by atoms with Crippen molar-refractivity contribution in [3.63, 3.8) is 0 Å². The topological polar surface area (TPSA) is 41.1 Å². The van der Waals surface area contributed by atoms with Gasteiger partial charge in [0.15, 0.2) is 0 Å². The molecule has 1 spiro atoms. The summed E-state index contributed by atoms with van der Waals surface area (Å²) >= 11 is 2.07. The van der Waals surface area contributed by atoms with E-state index in [1.165, 1.54) is 44.3 Å². The fourth-order valence-corrected chi connectivity index (χ4v) is 5.33. The molecule has 1 heterocycles. The lowest BCUT2D eigenvalue weighted by molar-refractivity contribution is -0.124. The molecule has 3 fully saturated rings. The Morgan fingerprint density at radius 2 is 2.15 bits per heavy atom. The molecule has 3 rings (SSSR count). The van der Waals surface area contributed by atoms with Crippen molar-refractivity contribution in [2.75, 3.05) is 18.8 Å². The molecule has 1 amide bonds. The number of piperidine rings is 1. The van der Waals surface area contributed by atoms with Crippen molar-refractivity contribution in [2.45, 2.75) is 63.2 Å². The van der Waals surface area contributed by atoms with Crippen LogP contribution in [0.3, 0.4) is 0 Å². The maximum Gasteiger partial charge on any atom is 0.223 e. The van der Waals surface area contributed by atoms with Crippen LogP contribution in [-0.4, -0.2) is 36.0 Å². The van der Waals surface area contributed by atoms with E-state index in [0.29, 0.717) is 23.3 Å². The number of rotatable bonds is 4. The van der Waals surface area contributed by atoms with E-state index in [1.807, 2.05) is 0 Å². The lowest BCUT2D eigenvalue weighted by atomic mass is 9.91. The zero-order chi connectivity index (χ0) is 14.0. The molecule has 4 heteroatoms. The Morgan fingerprint density at radius 3 is 2.90 bits per heavy atom. The van der Waals surface area contributed by atoms with Crippen LogP contribution in [0.15, 0.2) is 0 Å². The summed E-state index contributed by atoms with van der Waals surface area (Å²) in [6.07, 6.45) is 8.53. The summed E-state index contributed by atoms with van der Waals surface area (Å²) in [5, 5.41) is 7.54. The first-order valence-electron chi connectivity index (χ1n) is 8.36. The highest BCUT2D eigenvalue weighted by molar-refractivity contribution is 7.99. The highest BCUT2D eigenvalue weighted by Gasteiger charge is 2.57. The van der Waals surface area contributed by atoms with Crippen LogP contribution in [0.4, 0.5) is 0 Å².